The second kappa shape index (κ2) is 22.5. The number of esters is 1. The molecule has 0 spiro atoms. The Morgan fingerprint density at radius 3 is 1.77 bits per heavy atom. The van der Waals surface area contributed by atoms with Gasteiger partial charge in [-0.2, -0.15) is 0 Å². The van der Waals surface area contributed by atoms with Crippen LogP contribution in [0.25, 0.3) is 22.3 Å². The maximum Gasteiger partial charge on any atom is 0.407 e. The van der Waals surface area contributed by atoms with E-state index in [2.05, 4.69) is 50.8 Å². The summed E-state index contributed by atoms with van der Waals surface area (Å²) in [5.41, 5.74) is 8.52. The minimum atomic E-state index is -1.43. The van der Waals surface area contributed by atoms with Gasteiger partial charge in [0.2, 0.25) is 29.4 Å². The van der Waals surface area contributed by atoms with Crippen molar-refractivity contribution in [1.29, 1.82) is 0 Å². The van der Waals surface area contributed by atoms with Crippen molar-refractivity contribution in [2.45, 2.75) is 114 Å². The SMILES string of the molecule is CCC(C)NC(=O)C(CC(=O)C(=O)OCC1c2ccccc2-c2ccccc21)NC(=O)C1CCCN1C(=O)C(CCCCNC(=O)OCC1c2ccccc2-c2ccccc21)NC(=O)C1CCCN1. The number of Topliss-reactive ketones (excluding diaryl/α,β-unsaturated/α-hetero) is 1. The minimum absolute atomic E-state index is 0.0751. The number of benzene rings is 4. The van der Waals surface area contributed by atoms with Gasteiger partial charge in [0.05, 0.1) is 6.04 Å². The van der Waals surface area contributed by atoms with E-state index in [1.54, 1.807) is 6.92 Å². The summed E-state index contributed by atoms with van der Waals surface area (Å²) in [6, 6.07) is 27.7. The van der Waals surface area contributed by atoms with Crippen LogP contribution in [0.15, 0.2) is 97.1 Å². The summed E-state index contributed by atoms with van der Waals surface area (Å²) in [5, 5.41) is 14.4. The van der Waals surface area contributed by atoms with Crippen molar-refractivity contribution in [3.63, 3.8) is 0 Å². The largest absolute Gasteiger partial charge is 0.459 e. The molecule has 4 aromatic carbocycles. The standard InChI is InChI=1S/C54H62N6O9/c1-3-33(2)57-50(63)46(30-48(61)53(66)68-31-42-38-20-8-4-16-34(38)35-17-5-9-21-39(35)42)59-51(64)47-26-15-29-60(47)52(65)45(58-49(62)44-25-14-28-55-44)24-12-13-27-56-54(67)69-32-43-40-22-10-6-18-36(40)37-19-7-11-23-41(37)43/h4-11,16-23,33,42-47,55H,3,12-15,24-32H2,1-2H3,(H,56,67)(H,57,63)(H,58,62)(H,59,64). The third-order valence-corrected chi connectivity index (χ3v) is 14.0. The number of carbonyl (C=O) groups excluding carboxylic acids is 7. The minimum Gasteiger partial charge on any atom is -0.459 e. The Morgan fingerprint density at radius 1 is 0.667 bits per heavy atom. The molecule has 2 aliphatic carbocycles. The lowest BCUT2D eigenvalue weighted by Crippen LogP contribution is -2.58. The van der Waals surface area contributed by atoms with Gasteiger partial charge in [0.25, 0.3) is 0 Å². The molecule has 5 amide bonds. The molecule has 0 radical (unpaired) electrons. The zero-order chi connectivity index (χ0) is 48.4. The molecule has 4 aliphatic rings. The van der Waals surface area contributed by atoms with Crippen molar-refractivity contribution in [3.05, 3.63) is 119 Å². The summed E-state index contributed by atoms with van der Waals surface area (Å²) in [6.07, 6.45) is 2.78. The van der Waals surface area contributed by atoms with Crippen LogP contribution in [-0.2, 0) is 38.2 Å². The fourth-order valence-electron chi connectivity index (χ4n) is 10.1. The van der Waals surface area contributed by atoms with Gasteiger partial charge >= 0.3 is 12.1 Å². The van der Waals surface area contributed by atoms with E-state index in [-0.39, 0.29) is 62.9 Å². The highest BCUT2D eigenvalue weighted by atomic mass is 16.5. The van der Waals surface area contributed by atoms with Gasteiger partial charge in [-0.1, -0.05) is 104 Å². The number of amides is 5. The normalized spacial score (nSPS) is 18.1. The molecule has 2 aliphatic heterocycles. The summed E-state index contributed by atoms with van der Waals surface area (Å²) in [7, 11) is 0. The van der Waals surface area contributed by atoms with Crippen LogP contribution < -0.4 is 26.6 Å². The molecule has 15 heteroatoms. The van der Waals surface area contributed by atoms with E-state index in [9.17, 15) is 33.6 Å². The van der Waals surface area contributed by atoms with Crippen molar-refractivity contribution >= 4 is 41.5 Å². The van der Waals surface area contributed by atoms with Crippen molar-refractivity contribution in [3.8, 4) is 22.3 Å². The summed E-state index contributed by atoms with van der Waals surface area (Å²) >= 11 is 0. The number of nitrogens with zero attached hydrogens (tertiary/aromatic N) is 1. The van der Waals surface area contributed by atoms with Crippen LogP contribution in [0.4, 0.5) is 4.79 Å². The Bertz CT molecular complexity index is 2470. The number of ketones is 1. The van der Waals surface area contributed by atoms with Crippen LogP contribution in [-0.4, -0.2) is 109 Å². The fraction of sp³-hybridized carbons (Fsp3) is 0.426. The number of rotatable bonds is 20. The summed E-state index contributed by atoms with van der Waals surface area (Å²) in [4.78, 5) is 96.6. The highest BCUT2D eigenvalue weighted by molar-refractivity contribution is 6.34. The number of carbonyl (C=O) groups is 7. The van der Waals surface area contributed by atoms with Gasteiger partial charge in [-0.25, -0.2) is 9.59 Å². The predicted octanol–water partition coefficient (Wildman–Crippen LogP) is 5.64. The monoisotopic (exact) mass is 938 g/mol. The molecule has 0 aromatic heterocycles. The molecule has 0 saturated carbocycles. The van der Waals surface area contributed by atoms with Crippen LogP contribution in [0.2, 0.25) is 0 Å². The molecule has 2 fully saturated rings. The number of likely N-dealkylation sites (tertiary alicyclic amines) is 1. The van der Waals surface area contributed by atoms with E-state index in [1.807, 2.05) is 79.7 Å². The summed E-state index contributed by atoms with van der Waals surface area (Å²) in [5.74, 6) is -4.50. The van der Waals surface area contributed by atoms with Crippen LogP contribution in [0.3, 0.4) is 0 Å². The fourth-order valence-corrected chi connectivity index (χ4v) is 10.1. The molecule has 5 unspecified atom stereocenters. The van der Waals surface area contributed by atoms with Crippen LogP contribution >= 0.6 is 0 Å². The Labute approximate surface area is 402 Å². The highest BCUT2D eigenvalue weighted by Gasteiger charge is 2.40. The molecular weight excluding hydrogens is 877 g/mol. The molecule has 5 N–H and O–H groups in total. The van der Waals surface area contributed by atoms with Gasteiger partial charge in [-0.05, 0) is 109 Å². The molecule has 69 heavy (non-hydrogen) atoms. The number of ether oxygens (including phenoxy) is 2. The van der Waals surface area contributed by atoms with Gasteiger partial charge < -0.3 is 41.0 Å². The first-order chi connectivity index (χ1) is 33.5. The average Bonchev–Trinajstić information content (AvgIpc) is 4.20. The average molecular weight is 939 g/mol. The van der Waals surface area contributed by atoms with Gasteiger partial charge in [-0.3, -0.25) is 24.0 Å². The van der Waals surface area contributed by atoms with E-state index in [0.29, 0.717) is 38.6 Å². The Hall–Kier alpha value is -6.87. The Balaban J connectivity index is 0.865. The van der Waals surface area contributed by atoms with Crippen molar-refractivity contribution in [2.24, 2.45) is 0 Å². The van der Waals surface area contributed by atoms with Gasteiger partial charge in [-0.15, -0.1) is 0 Å². The summed E-state index contributed by atoms with van der Waals surface area (Å²) < 4.78 is 11.3. The number of alkyl carbamates (subject to hydrolysis) is 1. The number of hydrogen-bond donors (Lipinski definition) is 5. The van der Waals surface area contributed by atoms with E-state index in [4.69, 9.17) is 9.47 Å². The predicted molar refractivity (Wildman–Crippen MR) is 259 cm³/mol. The second-order valence-electron chi connectivity index (χ2n) is 18.5. The lowest BCUT2D eigenvalue weighted by molar-refractivity contribution is -0.154. The number of unbranched alkanes of at least 4 members (excludes halogenated alkanes) is 1. The second-order valence-corrected chi connectivity index (χ2v) is 18.5. The third-order valence-electron chi connectivity index (χ3n) is 14.0. The Morgan fingerprint density at radius 2 is 1.22 bits per heavy atom. The maximum absolute atomic E-state index is 14.4. The maximum atomic E-state index is 14.4. The smallest absolute Gasteiger partial charge is 0.407 e. The first-order valence-electron chi connectivity index (χ1n) is 24.4. The quantitative estimate of drug-likeness (QED) is 0.0420. The summed E-state index contributed by atoms with van der Waals surface area (Å²) in [6.45, 7) is 4.95. The number of hydrogen-bond acceptors (Lipinski definition) is 10. The number of fused-ring (bicyclic) bond motifs is 6. The lowest BCUT2D eigenvalue weighted by atomic mass is 9.98. The lowest BCUT2D eigenvalue weighted by Gasteiger charge is -2.30. The van der Waals surface area contributed by atoms with Gasteiger partial charge in [0, 0.05) is 37.4 Å². The van der Waals surface area contributed by atoms with Crippen molar-refractivity contribution in [1.82, 2.24) is 31.5 Å². The third kappa shape index (κ3) is 11.2. The zero-order valence-electron chi connectivity index (χ0n) is 39.3. The molecular formula is C54H62N6O9. The molecule has 4 aromatic rings. The first kappa shape index (κ1) is 48.6. The van der Waals surface area contributed by atoms with E-state index >= 15 is 0 Å². The molecule has 0 bridgehead atoms. The van der Waals surface area contributed by atoms with Gasteiger partial charge in [0.1, 0.15) is 31.3 Å². The van der Waals surface area contributed by atoms with Crippen LogP contribution in [0.5, 0.6) is 0 Å². The van der Waals surface area contributed by atoms with Crippen LogP contribution in [0, 0.1) is 0 Å². The topological polar surface area (TPSA) is 201 Å². The molecule has 8 rings (SSSR count). The van der Waals surface area contributed by atoms with Crippen molar-refractivity contribution < 1.29 is 43.0 Å². The molecule has 5 atom stereocenters. The Kier molecular flexibility index (Phi) is 15.8. The van der Waals surface area contributed by atoms with E-state index in [1.165, 1.54) is 4.90 Å². The first-order valence-corrected chi connectivity index (χ1v) is 24.4. The molecule has 15 nitrogen and oxygen atoms in total. The van der Waals surface area contributed by atoms with E-state index < -0.39 is 66.2 Å². The van der Waals surface area contributed by atoms with E-state index in [0.717, 1.165) is 50.9 Å². The molecule has 2 heterocycles. The number of nitrogens with one attached hydrogen (secondary N) is 5. The molecule has 362 valence electrons. The molecule has 2 saturated heterocycles. The zero-order valence-corrected chi connectivity index (χ0v) is 39.3. The van der Waals surface area contributed by atoms with Gasteiger partial charge in [0.15, 0.2) is 0 Å². The van der Waals surface area contributed by atoms with Crippen LogP contribution in [0.1, 0.15) is 106 Å². The van der Waals surface area contributed by atoms with Crippen molar-refractivity contribution in [2.75, 3.05) is 32.8 Å². The highest BCUT2D eigenvalue weighted by Crippen LogP contribution is 2.45.